The van der Waals surface area contributed by atoms with E-state index < -0.39 is 16.1 Å². The summed E-state index contributed by atoms with van der Waals surface area (Å²) in [5.74, 6) is 0. The smallest absolute Gasteiger partial charge is 0.328 e. The van der Waals surface area contributed by atoms with Gasteiger partial charge in [-0.2, -0.15) is 0 Å². The third-order valence-corrected chi connectivity index (χ3v) is 11.9. The van der Waals surface area contributed by atoms with Crippen LogP contribution in [0.15, 0.2) is 0 Å². The van der Waals surface area contributed by atoms with Gasteiger partial charge in [0, 0.05) is 0 Å². The van der Waals surface area contributed by atoms with Crippen LogP contribution in [-0.2, 0) is 14.5 Å². The van der Waals surface area contributed by atoms with Crippen molar-refractivity contribution in [3.8, 4) is 0 Å². The van der Waals surface area contributed by atoms with Gasteiger partial charge in [0.1, 0.15) is 46.0 Å². The van der Waals surface area contributed by atoms with Crippen molar-refractivity contribution >= 4 is 62.2 Å². The summed E-state index contributed by atoms with van der Waals surface area (Å²) in [5, 5.41) is 0. The van der Waals surface area contributed by atoms with Crippen LogP contribution in [0.4, 0.5) is 0 Å². The Bertz CT molecular complexity index is 196. The number of rotatable bonds is 7. The molecule has 0 heterocycles. The van der Waals surface area contributed by atoms with Gasteiger partial charge in [-0.05, 0) is 18.1 Å². The minimum absolute atomic E-state index is 0.921. The van der Waals surface area contributed by atoms with Crippen LogP contribution in [-0.4, -0.2) is 8.32 Å². The zero-order valence-corrected chi connectivity index (χ0v) is 14.7. The van der Waals surface area contributed by atoms with Crippen LogP contribution in [0.25, 0.3) is 0 Å². The van der Waals surface area contributed by atoms with Gasteiger partial charge >= 0.3 is 7.82 Å². The van der Waals surface area contributed by atoms with Crippen molar-refractivity contribution in [2.45, 2.75) is 38.9 Å². The molecule has 0 atom stereocenters. The summed E-state index contributed by atoms with van der Waals surface area (Å²) < 4.78 is 26.9. The van der Waals surface area contributed by atoms with Crippen molar-refractivity contribution in [1.29, 1.82) is 0 Å². The molecule has 0 radical (unpaired) electrons. The van der Waals surface area contributed by atoms with Crippen molar-refractivity contribution < 1.29 is 14.5 Å². The normalized spacial score (nSPS) is 13.2. The zero-order valence-electron chi connectivity index (χ0n) is 8.46. The molecule has 0 saturated heterocycles. The maximum atomic E-state index is 11.8. The molecule has 0 aliphatic rings. The third-order valence-electron chi connectivity index (χ3n) is 2.41. The second-order valence-corrected chi connectivity index (χ2v) is 11.7. The summed E-state index contributed by atoms with van der Waals surface area (Å²) in [7, 11) is -5.23. The first-order valence-corrected chi connectivity index (χ1v) is 10.2. The Balaban J connectivity index is 4.65. The first-order chi connectivity index (χ1) is 6.51. The monoisotopic (exact) mass is 464 g/mol. The van der Waals surface area contributed by atoms with Gasteiger partial charge in [-0.15, -0.1) is 0 Å². The van der Waals surface area contributed by atoms with Crippen molar-refractivity contribution in [2.24, 2.45) is 0 Å². The van der Waals surface area contributed by atoms with Gasteiger partial charge in [-0.3, -0.25) is 0 Å². The Morgan fingerprint density at radius 1 is 1.07 bits per heavy atom. The molecule has 0 saturated carbocycles. The van der Waals surface area contributed by atoms with E-state index in [1.165, 1.54) is 0 Å². The highest BCUT2D eigenvalue weighted by molar-refractivity contribution is 14.1. The van der Waals surface area contributed by atoms with Gasteiger partial charge < -0.3 is 4.21 Å². The van der Waals surface area contributed by atoms with E-state index in [1.54, 1.807) is 46.0 Å². The van der Waals surface area contributed by atoms with Crippen LogP contribution in [0.1, 0.15) is 20.8 Å². The molecular weight excluding hydrogens is 449 g/mol. The largest absolute Gasteiger partial charge is 0.484 e. The SMILES string of the molecule is CC[Si](CC)(CC)OP(=O)(OI)OI. The molecule has 0 rings (SSSR count). The van der Waals surface area contributed by atoms with E-state index in [1.807, 2.05) is 0 Å². The lowest BCUT2D eigenvalue weighted by atomic mass is 10.9. The zero-order chi connectivity index (χ0) is 11.2. The lowest BCUT2D eigenvalue weighted by Crippen LogP contribution is -2.34. The maximum absolute atomic E-state index is 11.8. The molecule has 0 spiro atoms. The van der Waals surface area contributed by atoms with E-state index in [9.17, 15) is 4.57 Å². The molecule has 14 heavy (non-hydrogen) atoms. The van der Waals surface area contributed by atoms with E-state index in [0.717, 1.165) is 18.1 Å². The van der Waals surface area contributed by atoms with E-state index in [-0.39, 0.29) is 0 Å². The molecule has 0 aromatic heterocycles. The Morgan fingerprint density at radius 2 is 1.43 bits per heavy atom. The first kappa shape index (κ1) is 15.8. The predicted octanol–water partition coefficient (Wildman–Crippen LogP) is 4.85. The Labute approximate surface area is 115 Å². The average Bonchev–Trinajstić information content (AvgIpc) is 2.26. The fourth-order valence-electron chi connectivity index (χ4n) is 1.22. The fraction of sp³-hybridized carbons (Fsp3) is 1.00. The average molecular weight is 464 g/mol. The summed E-state index contributed by atoms with van der Waals surface area (Å²) in [6, 6.07) is 2.76. The van der Waals surface area contributed by atoms with E-state index in [0.29, 0.717) is 0 Å². The first-order valence-electron chi connectivity index (χ1n) is 4.43. The highest BCUT2D eigenvalue weighted by Gasteiger charge is 2.39. The lowest BCUT2D eigenvalue weighted by molar-refractivity contribution is 0.349. The van der Waals surface area contributed by atoms with Crippen molar-refractivity contribution in [3.05, 3.63) is 0 Å². The number of halogens is 2. The van der Waals surface area contributed by atoms with Crippen molar-refractivity contribution in [1.82, 2.24) is 0 Å². The molecular formula is C6H15I2O4PSi. The lowest BCUT2D eigenvalue weighted by Gasteiger charge is -2.29. The summed E-state index contributed by atoms with van der Waals surface area (Å²) >= 11 is 3.12. The molecule has 0 bridgehead atoms. The van der Waals surface area contributed by atoms with Crippen LogP contribution in [0.3, 0.4) is 0 Å². The summed E-state index contributed by atoms with van der Waals surface area (Å²) in [4.78, 5) is 0. The molecule has 8 heteroatoms. The van der Waals surface area contributed by atoms with Crippen LogP contribution in [0.5, 0.6) is 0 Å². The molecule has 0 aromatic rings. The third kappa shape index (κ3) is 4.34. The van der Waals surface area contributed by atoms with Gasteiger partial charge in [0.05, 0.1) is 0 Å². The van der Waals surface area contributed by atoms with E-state index in [2.05, 4.69) is 20.8 Å². The van der Waals surface area contributed by atoms with Crippen LogP contribution >= 0.6 is 53.8 Å². The van der Waals surface area contributed by atoms with Gasteiger partial charge in [-0.25, -0.2) is 10.3 Å². The van der Waals surface area contributed by atoms with Gasteiger partial charge in [0.25, 0.3) is 0 Å². The summed E-state index contributed by atoms with van der Waals surface area (Å²) in [6.45, 7) is 6.18. The minimum Gasteiger partial charge on any atom is -0.328 e. The Kier molecular flexibility index (Phi) is 8.10. The predicted molar refractivity (Wildman–Crippen MR) is 76.1 cm³/mol. The van der Waals surface area contributed by atoms with Gasteiger partial charge in [-0.1, -0.05) is 20.8 Å². The minimum atomic E-state index is -3.32. The molecule has 86 valence electrons. The van der Waals surface area contributed by atoms with E-state index >= 15 is 0 Å². The quantitative estimate of drug-likeness (QED) is 0.307. The van der Waals surface area contributed by atoms with E-state index in [4.69, 9.17) is 9.92 Å². The van der Waals surface area contributed by atoms with Crippen LogP contribution < -0.4 is 0 Å². The molecule has 0 aliphatic carbocycles. The van der Waals surface area contributed by atoms with Gasteiger partial charge in [0.15, 0.2) is 0 Å². The number of hydrogen-bond donors (Lipinski definition) is 0. The second-order valence-electron chi connectivity index (χ2n) is 2.92. The van der Waals surface area contributed by atoms with Crippen LogP contribution in [0.2, 0.25) is 18.1 Å². The maximum Gasteiger partial charge on any atom is 0.484 e. The highest BCUT2D eigenvalue weighted by Crippen LogP contribution is 2.56. The summed E-state index contributed by atoms with van der Waals surface area (Å²) in [5.41, 5.74) is 0. The Hall–Kier alpha value is 1.79. The molecule has 0 aliphatic heterocycles. The summed E-state index contributed by atoms with van der Waals surface area (Å²) in [6.07, 6.45) is 0. The molecule has 0 aromatic carbocycles. The molecule has 0 amide bonds. The standard InChI is InChI=1S/C6H15I2O4PSi/c1-4-14(5-2,6-3)12-13(9,10-7)11-8/h4-6H2,1-3H3. The highest BCUT2D eigenvalue weighted by atomic mass is 127. The topological polar surface area (TPSA) is 44.8 Å². The van der Waals surface area contributed by atoms with Gasteiger partial charge in [0.2, 0.25) is 8.32 Å². The molecule has 0 fully saturated rings. The number of phosphoric acid groups is 1. The van der Waals surface area contributed by atoms with Crippen molar-refractivity contribution in [3.63, 3.8) is 0 Å². The fourth-order valence-corrected chi connectivity index (χ4v) is 9.27. The number of hydrogen-bond acceptors (Lipinski definition) is 4. The van der Waals surface area contributed by atoms with Crippen LogP contribution in [0, 0.1) is 0 Å². The van der Waals surface area contributed by atoms with Crippen molar-refractivity contribution in [2.75, 3.05) is 0 Å². The second kappa shape index (κ2) is 7.18. The molecule has 0 unspecified atom stereocenters. The molecule has 4 nitrogen and oxygen atoms in total. The Morgan fingerprint density at radius 3 is 1.64 bits per heavy atom. The molecule has 0 N–H and O–H groups in total.